The number of benzene rings is 2. The minimum atomic E-state index is -0.508. The summed E-state index contributed by atoms with van der Waals surface area (Å²) in [7, 11) is 1.99. The Morgan fingerprint density at radius 3 is 2.61 bits per heavy atom. The molecule has 1 amide bonds. The molecule has 0 radical (unpaired) electrons. The van der Waals surface area contributed by atoms with Gasteiger partial charge < -0.3 is 11.1 Å². The van der Waals surface area contributed by atoms with Crippen LogP contribution in [0.15, 0.2) is 73.2 Å². The van der Waals surface area contributed by atoms with E-state index < -0.39 is 5.91 Å². The van der Waals surface area contributed by atoms with Crippen LogP contribution in [-0.2, 0) is 0 Å². The molecule has 3 heterocycles. The van der Waals surface area contributed by atoms with Crippen molar-refractivity contribution in [2.75, 3.05) is 12.4 Å². The van der Waals surface area contributed by atoms with Crippen molar-refractivity contribution in [3.63, 3.8) is 0 Å². The first-order valence-corrected chi connectivity index (χ1v) is 9.75. The fourth-order valence-corrected chi connectivity index (χ4v) is 3.54. The van der Waals surface area contributed by atoms with E-state index in [2.05, 4.69) is 22.7 Å². The van der Waals surface area contributed by atoms with Crippen LogP contribution in [0.3, 0.4) is 0 Å². The van der Waals surface area contributed by atoms with Crippen molar-refractivity contribution in [1.82, 2.24) is 15.0 Å². The molecule has 0 saturated heterocycles. The van der Waals surface area contributed by atoms with Gasteiger partial charge in [-0.2, -0.15) is 0 Å². The highest BCUT2D eigenvalue weighted by molar-refractivity contribution is 6.11. The monoisotopic (exact) mass is 407 g/mol. The molecule has 150 valence electrons. The molecule has 0 aliphatic carbocycles. The van der Waals surface area contributed by atoms with Gasteiger partial charge in [0.1, 0.15) is 18.4 Å². The zero-order chi connectivity index (χ0) is 21.4. The molecule has 3 N–H and O–H groups in total. The van der Waals surface area contributed by atoms with Gasteiger partial charge in [-0.1, -0.05) is 18.2 Å². The van der Waals surface area contributed by atoms with Crippen molar-refractivity contribution in [3.05, 3.63) is 84.3 Å². The highest BCUT2D eigenvalue weighted by atomic mass is 16.1. The van der Waals surface area contributed by atoms with Gasteiger partial charge in [0.2, 0.25) is 0 Å². The van der Waals surface area contributed by atoms with Gasteiger partial charge in [-0.3, -0.25) is 9.78 Å². The third-order valence-electron chi connectivity index (χ3n) is 5.08. The molecule has 0 bridgehead atoms. The number of anilines is 2. The summed E-state index contributed by atoms with van der Waals surface area (Å²) in [5.41, 5.74) is 10.3. The molecule has 31 heavy (non-hydrogen) atoms. The summed E-state index contributed by atoms with van der Waals surface area (Å²) in [6.07, 6.45) is 7.54. The molecule has 1 aliphatic heterocycles. The number of nitrogens with one attached hydrogen (secondary N) is 1. The van der Waals surface area contributed by atoms with Crippen LogP contribution < -0.4 is 11.1 Å². The third kappa shape index (κ3) is 3.53. The smallest absolute Gasteiger partial charge is 0.250 e. The summed E-state index contributed by atoms with van der Waals surface area (Å²) in [6.45, 7) is 0. The number of carbonyl (C=O) groups excluding carboxylic acids is 1. The molecule has 4 aromatic rings. The van der Waals surface area contributed by atoms with E-state index >= 15 is 0 Å². The number of allylic oxidation sites excluding steroid dienone is 1. The van der Waals surface area contributed by atoms with Crippen LogP contribution >= 0.6 is 0 Å². The Balaban J connectivity index is 1.68. The molecule has 0 atom stereocenters. The number of hydrogen-bond acceptors (Lipinski definition) is 5. The first-order chi connectivity index (χ1) is 15.1. The van der Waals surface area contributed by atoms with Gasteiger partial charge >= 0.3 is 0 Å². The molecule has 1 aliphatic rings. The Bertz CT molecular complexity index is 1390. The van der Waals surface area contributed by atoms with E-state index in [1.165, 1.54) is 0 Å². The highest BCUT2D eigenvalue weighted by Gasteiger charge is 2.18. The van der Waals surface area contributed by atoms with Crippen molar-refractivity contribution in [1.29, 1.82) is 0 Å². The van der Waals surface area contributed by atoms with Gasteiger partial charge in [-0.05, 0) is 42.0 Å². The fourth-order valence-electron chi connectivity index (χ4n) is 3.54. The number of pyridine rings is 1. The van der Waals surface area contributed by atoms with Crippen LogP contribution in [0.4, 0.5) is 11.5 Å². The lowest BCUT2D eigenvalue weighted by atomic mass is 10.0. The average Bonchev–Trinajstić information content (AvgIpc) is 2.77. The van der Waals surface area contributed by atoms with Gasteiger partial charge in [-0.25, -0.2) is 14.5 Å². The second-order valence-corrected chi connectivity index (χ2v) is 7.28. The van der Waals surface area contributed by atoms with Crippen LogP contribution in [0.5, 0.6) is 0 Å². The maximum atomic E-state index is 11.9. The van der Waals surface area contributed by atoms with Crippen molar-refractivity contribution in [3.8, 4) is 11.4 Å². The number of amides is 1. The Kier molecular flexibility index (Phi) is 4.48. The molecular formula is C24H19N6O+. The molecule has 0 spiro atoms. The van der Waals surface area contributed by atoms with E-state index in [-0.39, 0.29) is 0 Å². The Morgan fingerprint density at radius 2 is 1.87 bits per heavy atom. The second kappa shape index (κ2) is 7.46. The van der Waals surface area contributed by atoms with Gasteiger partial charge in [0.25, 0.3) is 5.91 Å². The quantitative estimate of drug-likeness (QED) is 0.493. The number of primary amides is 1. The molecule has 0 fully saturated rings. The van der Waals surface area contributed by atoms with Crippen molar-refractivity contribution >= 4 is 40.1 Å². The van der Waals surface area contributed by atoms with Gasteiger partial charge in [0, 0.05) is 23.3 Å². The predicted octanol–water partition coefficient (Wildman–Crippen LogP) is 3.60. The number of aromatic nitrogens is 3. The van der Waals surface area contributed by atoms with E-state index in [1.54, 1.807) is 30.6 Å². The Morgan fingerprint density at radius 1 is 1.03 bits per heavy atom. The summed E-state index contributed by atoms with van der Waals surface area (Å²) in [5, 5.41) is 4.15. The number of fused-ring (bicyclic) bond motifs is 1. The second-order valence-electron chi connectivity index (χ2n) is 7.28. The van der Waals surface area contributed by atoms with Gasteiger partial charge in [0.15, 0.2) is 18.2 Å². The third-order valence-corrected chi connectivity index (χ3v) is 5.08. The van der Waals surface area contributed by atoms with E-state index in [1.807, 2.05) is 48.0 Å². The summed E-state index contributed by atoms with van der Waals surface area (Å²) in [4.78, 5) is 25.6. The van der Waals surface area contributed by atoms with E-state index in [4.69, 9.17) is 15.7 Å². The number of hydrogen-bond donors (Lipinski definition) is 2. The zero-order valence-electron chi connectivity index (χ0n) is 16.8. The molecule has 0 saturated carbocycles. The zero-order valence-corrected chi connectivity index (χ0v) is 16.8. The number of para-hydroxylation sites is 1. The molecule has 2 aromatic carbocycles. The minimum absolute atomic E-state index is 0.394. The first kappa shape index (κ1) is 18.6. The van der Waals surface area contributed by atoms with Crippen LogP contribution in [-0.4, -0.2) is 38.7 Å². The average molecular weight is 407 g/mol. The lowest BCUT2D eigenvalue weighted by Gasteiger charge is -2.14. The predicted molar refractivity (Wildman–Crippen MR) is 121 cm³/mol. The lowest BCUT2D eigenvalue weighted by molar-refractivity contribution is -0.423. The van der Waals surface area contributed by atoms with Crippen molar-refractivity contribution < 1.29 is 9.37 Å². The number of nitrogens with two attached hydrogens (primary N) is 1. The van der Waals surface area contributed by atoms with Crippen LogP contribution in [0.2, 0.25) is 0 Å². The Labute approximate surface area is 178 Å². The van der Waals surface area contributed by atoms with Gasteiger partial charge in [0.05, 0.1) is 16.8 Å². The summed E-state index contributed by atoms with van der Waals surface area (Å²) < 4.78 is 2.00. The number of carbonyl (C=O) groups is 1. The fraction of sp³-hybridized carbons (Fsp3) is 0.0417. The summed E-state index contributed by atoms with van der Waals surface area (Å²) >= 11 is 0. The van der Waals surface area contributed by atoms with Crippen LogP contribution in [0, 0.1) is 0 Å². The number of rotatable bonds is 5. The van der Waals surface area contributed by atoms with Gasteiger partial charge in [-0.15, -0.1) is 0 Å². The molecule has 7 nitrogen and oxygen atoms in total. The van der Waals surface area contributed by atoms with E-state index in [9.17, 15) is 4.79 Å². The standard InChI is InChI=1S/C24H18N6O/c1-30-13-17(14-30)15-8-9-21-19(11-15)24(28-20-7-3-2-6-18(20)22(25)31)29-23(27-21)16-5-4-10-26-12-16/h2-14H,1H3,(H2-,25,27,28,29,31)/p+1. The molecule has 7 heteroatoms. The van der Waals surface area contributed by atoms with E-state index in [0.717, 1.165) is 27.6 Å². The largest absolute Gasteiger partial charge is 0.366 e. The first-order valence-electron chi connectivity index (χ1n) is 9.75. The van der Waals surface area contributed by atoms with E-state index in [0.29, 0.717) is 22.9 Å². The molecule has 2 aromatic heterocycles. The normalized spacial score (nSPS) is 12.7. The van der Waals surface area contributed by atoms with Crippen molar-refractivity contribution in [2.45, 2.75) is 0 Å². The van der Waals surface area contributed by atoms with Crippen molar-refractivity contribution in [2.24, 2.45) is 5.73 Å². The van der Waals surface area contributed by atoms with Crippen LogP contribution in [0.25, 0.3) is 27.9 Å². The summed E-state index contributed by atoms with van der Waals surface area (Å²) in [5.74, 6) is 0.626. The maximum Gasteiger partial charge on any atom is 0.250 e. The maximum absolute atomic E-state index is 11.9. The Hall–Kier alpha value is -4.39. The SMILES string of the molecule is C[N+]1=CC(c2ccc3nc(-c4cccnc4)nc(Nc4ccccc4C(N)=O)c3c2)=C1. The molecule has 0 unspecified atom stereocenters. The minimum Gasteiger partial charge on any atom is -0.366 e. The lowest BCUT2D eigenvalue weighted by Crippen LogP contribution is -2.13. The van der Waals surface area contributed by atoms with Crippen LogP contribution in [0.1, 0.15) is 15.9 Å². The summed E-state index contributed by atoms with van der Waals surface area (Å²) in [6, 6.07) is 16.9. The molecular weight excluding hydrogens is 388 g/mol. The number of nitrogens with zero attached hydrogens (tertiary/aromatic N) is 4. The topological polar surface area (TPSA) is 96.8 Å². The molecule has 5 rings (SSSR count). The highest BCUT2D eigenvalue weighted by Crippen LogP contribution is 2.31.